The zero-order valence-corrected chi connectivity index (χ0v) is 15.6. The molecule has 1 aromatic carbocycles. The van der Waals surface area contributed by atoms with Crippen molar-refractivity contribution in [1.82, 2.24) is 0 Å². The van der Waals surface area contributed by atoms with Crippen molar-refractivity contribution in [3.05, 3.63) is 55.2 Å². The van der Waals surface area contributed by atoms with Crippen LogP contribution in [0.3, 0.4) is 0 Å². The zero-order chi connectivity index (χ0) is 15.9. The summed E-state index contributed by atoms with van der Waals surface area (Å²) < 4.78 is 0.677. The normalized spacial score (nSPS) is 17.0. The maximum atomic E-state index is 11.3. The number of nitrogens with zero attached hydrogens (tertiary/aromatic N) is 1. The monoisotopic (exact) mass is 406 g/mol. The molecule has 2 aromatic rings. The van der Waals surface area contributed by atoms with Crippen LogP contribution in [0.2, 0.25) is 14.4 Å². The van der Waals surface area contributed by atoms with Gasteiger partial charge in [0.25, 0.3) is 0 Å². The fourth-order valence-electron chi connectivity index (χ4n) is 2.31. The molecule has 8 heteroatoms. The minimum absolute atomic E-state index is 0. The van der Waals surface area contributed by atoms with Crippen molar-refractivity contribution in [1.29, 1.82) is 0 Å². The van der Waals surface area contributed by atoms with E-state index in [9.17, 15) is 4.79 Å². The molecule has 0 bridgehead atoms. The Hall–Kier alpha value is -0.880. The highest BCUT2D eigenvalue weighted by Gasteiger charge is 2.34. The third kappa shape index (κ3) is 3.48. The number of hydrogen-bond acceptors (Lipinski definition) is 3. The van der Waals surface area contributed by atoms with Gasteiger partial charge in [-0.15, -0.1) is 16.3 Å². The van der Waals surface area contributed by atoms with Crippen LogP contribution in [0, 0.1) is 0 Å². The summed E-state index contributed by atoms with van der Waals surface area (Å²) in [6, 6.07) is 8.95. The number of nitrogens with one attached hydrogen (secondary N) is 1. The third-order valence-corrected chi connectivity index (χ3v) is 5.14. The number of carbonyl (C=O) groups is 1. The summed E-state index contributed by atoms with van der Waals surface area (Å²) in [5.74, 6) is 0. The average molecular weight is 408 g/mol. The molecule has 1 aliphatic heterocycles. The lowest BCUT2D eigenvalue weighted by Crippen LogP contribution is -3.00. The predicted octanol–water partition coefficient (Wildman–Crippen LogP) is 1.23. The van der Waals surface area contributed by atoms with Crippen LogP contribution in [0.1, 0.15) is 11.8 Å². The number of allylic oxidation sites excluding steroid dienone is 1. The summed E-state index contributed by atoms with van der Waals surface area (Å²) in [5, 5.41) is 6.15. The lowest BCUT2D eigenvalue weighted by molar-refractivity contribution is -0.756. The van der Waals surface area contributed by atoms with Crippen LogP contribution in [-0.2, 0) is 4.79 Å². The summed E-state index contributed by atoms with van der Waals surface area (Å²) in [7, 11) is 0. The summed E-state index contributed by atoms with van der Waals surface area (Å²) in [4.78, 5) is 12.2. The highest BCUT2D eigenvalue weighted by molar-refractivity contribution is 7.17. The van der Waals surface area contributed by atoms with Gasteiger partial charge >= 0.3 is 0 Å². The number of thiophene rings is 1. The summed E-state index contributed by atoms with van der Waals surface area (Å²) in [6.07, 6.45) is 0.751. The van der Waals surface area contributed by atoms with Crippen LogP contribution in [0.15, 0.2) is 41.0 Å². The summed E-state index contributed by atoms with van der Waals surface area (Å²) in [5.41, 5.74) is 2.83. The first-order valence-corrected chi connectivity index (χ1v) is 8.30. The smallest absolute Gasteiger partial charge is 0.185 e. The fourth-order valence-corrected chi connectivity index (χ4v) is 3.95. The molecular weight excluding hydrogens is 398 g/mol. The van der Waals surface area contributed by atoms with Crippen LogP contribution < -0.4 is 17.4 Å². The molecule has 0 fully saturated rings. The van der Waals surface area contributed by atoms with Gasteiger partial charge in [0, 0.05) is 16.7 Å². The van der Waals surface area contributed by atoms with Crippen molar-refractivity contribution in [3.8, 4) is 0 Å². The van der Waals surface area contributed by atoms with Gasteiger partial charge in [0.05, 0.1) is 9.21 Å². The third-order valence-electron chi connectivity index (χ3n) is 3.35. The quantitative estimate of drug-likeness (QED) is 0.763. The Morgan fingerprint density at radius 3 is 2.48 bits per heavy atom. The number of quaternary nitrogens is 1. The van der Waals surface area contributed by atoms with Gasteiger partial charge in [-0.1, -0.05) is 39.9 Å². The van der Waals surface area contributed by atoms with Crippen LogP contribution in [0.4, 0.5) is 5.69 Å². The van der Waals surface area contributed by atoms with Crippen molar-refractivity contribution >= 4 is 69.5 Å². The second-order valence-electron chi connectivity index (χ2n) is 4.69. The van der Waals surface area contributed by atoms with Gasteiger partial charge in [0.2, 0.25) is 0 Å². The number of hydrogen-bond donors (Lipinski definition) is 1. The number of halogens is 4. The van der Waals surface area contributed by atoms with E-state index in [1.165, 1.54) is 11.3 Å². The Balaban J connectivity index is 0.00000192. The molecule has 2 heterocycles. The molecule has 0 amide bonds. The molecule has 0 aliphatic carbocycles. The van der Waals surface area contributed by atoms with Gasteiger partial charge in [-0.25, -0.2) is 0 Å². The van der Waals surface area contributed by atoms with Crippen LogP contribution in [0.25, 0.3) is 5.70 Å². The topological polar surface area (TPSA) is 33.9 Å². The maximum absolute atomic E-state index is 11.3. The molecule has 1 aliphatic rings. The predicted molar refractivity (Wildman–Crippen MR) is 92.5 cm³/mol. The van der Waals surface area contributed by atoms with E-state index in [4.69, 9.17) is 34.8 Å². The highest BCUT2D eigenvalue weighted by atomic mass is 35.5. The van der Waals surface area contributed by atoms with E-state index in [2.05, 4.69) is 5.10 Å². The van der Waals surface area contributed by atoms with Crippen molar-refractivity contribution in [3.63, 3.8) is 0 Å². The van der Waals surface area contributed by atoms with E-state index in [0.29, 0.717) is 25.1 Å². The molecule has 0 spiro atoms. The Labute approximate surface area is 158 Å². The first-order valence-electron chi connectivity index (χ1n) is 6.35. The Bertz CT molecular complexity index is 829. The minimum Gasteiger partial charge on any atom is -1.00 e. The van der Waals surface area contributed by atoms with E-state index < -0.39 is 0 Å². The molecule has 0 saturated carbocycles. The van der Waals surface area contributed by atoms with Crippen LogP contribution >= 0.6 is 46.1 Å². The van der Waals surface area contributed by atoms with E-state index in [0.717, 1.165) is 28.1 Å². The van der Waals surface area contributed by atoms with Gasteiger partial charge in [0.15, 0.2) is 23.4 Å². The first-order chi connectivity index (χ1) is 10.5. The fraction of sp³-hybridized carbons (Fsp3) is 0.0667. The second-order valence-corrected chi connectivity index (χ2v) is 7.25. The molecule has 1 N–H and O–H groups in total. The van der Waals surface area contributed by atoms with Crippen molar-refractivity contribution in [2.24, 2.45) is 5.10 Å². The SMILES string of the molecule is CC1=C(c2ccc(Cl)s2)[NH+](c2ccc(Cl)cc2Cl)N=C1C=O.[Cl-]. The first kappa shape index (κ1) is 18.5. The number of benzene rings is 1. The Morgan fingerprint density at radius 2 is 1.91 bits per heavy atom. The van der Waals surface area contributed by atoms with Crippen LogP contribution in [0.5, 0.6) is 0 Å². The molecule has 1 aromatic heterocycles. The minimum atomic E-state index is 0. The van der Waals surface area contributed by atoms with E-state index in [1.807, 2.05) is 19.1 Å². The molecule has 120 valence electrons. The average Bonchev–Trinajstić information content (AvgIpc) is 3.02. The van der Waals surface area contributed by atoms with Gasteiger partial charge in [-0.3, -0.25) is 4.79 Å². The summed E-state index contributed by atoms with van der Waals surface area (Å²) in [6.45, 7) is 1.87. The molecule has 1 atom stereocenters. The van der Waals surface area contributed by atoms with Gasteiger partial charge < -0.3 is 12.4 Å². The van der Waals surface area contributed by atoms with Crippen molar-refractivity contribution in [2.45, 2.75) is 6.92 Å². The second kappa shape index (κ2) is 7.34. The number of aldehydes is 1. The molecule has 0 radical (unpaired) electrons. The highest BCUT2D eigenvalue weighted by Crippen LogP contribution is 2.31. The van der Waals surface area contributed by atoms with E-state index in [1.54, 1.807) is 18.2 Å². The van der Waals surface area contributed by atoms with Gasteiger partial charge in [0.1, 0.15) is 5.02 Å². The molecule has 3 nitrogen and oxygen atoms in total. The molecule has 0 saturated heterocycles. The lowest BCUT2D eigenvalue weighted by atomic mass is 10.1. The van der Waals surface area contributed by atoms with E-state index >= 15 is 0 Å². The van der Waals surface area contributed by atoms with Crippen molar-refractivity contribution < 1.29 is 22.2 Å². The number of carbonyl (C=O) groups excluding carboxylic acids is 1. The molecule has 3 rings (SSSR count). The summed E-state index contributed by atoms with van der Waals surface area (Å²) >= 11 is 19.7. The number of rotatable bonds is 3. The molecule has 23 heavy (non-hydrogen) atoms. The molecule has 1 unspecified atom stereocenters. The van der Waals surface area contributed by atoms with Crippen LogP contribution in [-0.4, -0.2) is 12.0 Å². The van der Waals surface area contributed by atoms with Gasteiger partial charge in [-0.05, 0) is 31.2 Å². The van der Waals surface area contributed by atoms with Gasteiger partial charge in [-0.2, -0.15) is 0 Å². The molecular formula is C15H10Cl4N2OS. The Kier molecular flexibility index (Phi) is 5.89. The van der Waals surface area contributed by atoms with Crippen molar-refractivity contribution in [2.75, 3.05) is 0 Å². The Morgan fingerprint density at radius 1 is 1.17 bits per heavy atom. The maximum Gasteiger partial charge on any atom is 0.185 e. The standard InChI is InChI=1S/C15H9Cl3N2OS.ClH/c1-8-11(7-21)19-20(12-3-2-9(16)6-10(12)17)15(8)13-4-5-14(18)22-13;/h2-7H,1H3;1H. The lowest BCUT2D eigenvalue weighted by Gasteiger charge is -2.12. The largest absolute Gasteiger partial charge is 1.00 e. The zero-order valence-electron chi connectivity index (χ0n) is 11.7. The van der Waals surface area contributed by atoms with E-state index in [-0.39, 0.29) is 12.4 Å².